The summed E-state index contributed by atoms with van der Waals surface area (Å²) < 4.78 is 1.01. The minimum absolute atomic E-state index is 0.0695. The second-order valence-corrected chi connectivity index (χ2v) is 8.93. The molecule has 0 saturated carbocycles. The van der Waals surface area contributed by atoms with E-state index in [9.17, 15) is 9.59 Å². The summed E-state index contributed by atoms with van der Waals surface area (Å²) in [4.78, 5) is 32.0. The lowest BCUT2D eigenvalue weighted by Crippen LogP contribution is -2.47. The van der Waals surface area contributed by atoms with Crippen LogP contribution in [0.15, 0.2) is 38.9 Å². The highest BCUT2D eigenvalue weighted by Crippen LogP contribution is 2.31. The summed E-state index contributed by atoms with van der Waals surface area (Å²) >= 11 is 3.24. The number of benzene rings is 1. The number of nitrogens with one attached hydrogen (secondary N) is 1. The highest BCUT2D eigenvalue weighted by Gasteiger charge is 2.34. The minimum atomic E-state index is -0.419. The van der Waals surface area contributed by atoms with E-state index in [4.69, 9.17) is 0 Å². The van der Waals surface area contributed by atoms with Crippen molar-refractivity contribution in [1.82, 2.24) is 9.88 Å². The van der Waals surface area contributed by atoms with Crippen molar-refractivity contribution in [2.24, 2.45) is 5.92 Å². The Balaban J connectivity index is 1.65. The SMILES string of the molecule is Cc1csc(Sc2ccc(NC(=O)C(C(C)C)N3CCCC3=O)cc2)n1. The van der Waals surface area contributed by atoms with Crippen molar-refractivity contribution in [3.8, 4) is 0 Å². The van der Waals surface area contributed by atoms with Crippen molar-refractivity contribution in [3.63, 3.8) is 0 Å². The van der Waals surface area contributed by atoms with Crippen LogP contribution in [0.5, 0.6) is 0 Å². The Morgan fingerprint density at radius 3 is 2.58 bits per heavy atom. The summed E-state index contributed by atoms with van der Waals surface area (Å²) in [7, 11) is 0. The Morgan fingerprint density at radius 2 is 2.04 bits per heavy atom. The number of amides is 2. The molecule has 2 aromatic rings. The first-order valence-electron chi connectivity index (χ1n) is 8.74. The predicted octanol–water partition coefficient (Wildman–Crippen LogP) is 4.19. The average Bonchev–Trinajstić information content (AvgIpc) is 3.18. The third kappa shape index (κ3) is 4.45. The number of likely N-dealkylation sites (tertiary alicyclic amines) is 1. The first kappa shape index (κ1) is 18.9. The Labute approximate surface area is 162 Å². The van der Waals surface area contributed by atoms with E-state index < -0.39 is 6.04 Å². The molecule has 5 nitrogen and oxygen atoms in total. The minimum Gasteiger partial charge on any atom is -0.330 e. The van der Waals surface area contributed by atoms with Gasteiger partial charge in [-0.1, -0.05) is 25.6 Å². The molecule has 138 valence electrons. The number of carbonyl (C=O) groups excluding carboxylic acids is 2. The lowest BCUT2D eigenvalue weighted by molar-refractivity contribution is -0.136. The van der Waals surface area contributed by atoms with E-state index in [1.807, 2.05) is 50.4 Å². The molecule has 0 spiro atoms. The topological polar surface area (TPSA) is 62.3 Å². The molecule has 1 aromatic heterocycles. The van der Waals surface area contributed by atoms with Gasteiger partial charge in [-0.15, -0.1) is 11.3 Å². The molecule has 0 aliphatic carbocycles. The summed E-state index contributed by atoms with van der Waals surface area (Å²) in [6.07, 6.45) is 1.37. The lowest BCUT2D eigenvalue weighted by Gasteiger charge is -2.29. The number of nitrogens with zero attached hydrogens (tertiary/aromatic N) is 2. The summed E-state index contributed by atoms with van der Waals surface area (Å²) in [5, 5.41) is 4.99. The van der Waals surface area contributed by atoms with Gasteiger partial charge in [-0.25, -0.2) is 4.98 Å². The van der Waals surface area contributed by atoms with E-state index in [0.717, 1.165) is 27.0 Å². The van der Waals surface area contributed by atoms with E-state index in [2.05, 4.69) is 10.3 Å². The third-order valence-corrected chi connectivity index (χ3v) is 6.34. The molecule has 3 rings (SSSR count). The van der Waals surface area contributed by atoms with Crippen LogP contribution in [-0.4, -0.2) is 34.3 Å². The maximum absolute atomic E-state index is 12.7. The molecule has 1 saturated heterocycles. The smallest absolute Gasteiger partial charge is 0.247 e. The molecular weight excluding hydrogens is 366 g/mol. The standard InChI is InChI=1S/C19H23N3O2S2/c1-12(2)17(22-10-4-5-16(22)23)18(24)21-14-6-8-15(9-7-14)26-19-20-13(3)11-25-19/h6-9,11-12,17H,4-5,10H2,1-3H3,(H,21,24). The van der Waals surface area contributed by atoms with Crippen LogP contribution in [0.4, 0.5) is 5.69 Å². The van der Waals surface area contributed by atoms with Crippen LogP contribution in [0.1, 0.15) is 32.4 Å². The van der Waals surface area contributed by atoms with Crippen LogP contribution < -0.4 is 5.32 Å². The summed E-state index contributed by atoms with van der Waals surface area (Å²) in [5.41, 5.74) is 1.77. The van der Waals surface area contributed by atoms with Crippen molar-refractivity contribution < 1.29 is 9.59 Å². The Morgan fingerprint density at radius 1 is 1.31 bits per heavy atom. The molecule has 1 aliphatic rings. The molecular formula is C19H23N3O2S2. The first-order valence-corrected chi connectivity index (χ1v) is 10.4. The molecule has 2 amide bonds. The van der Waals surface area contributed by atoms with Gasteiger partial charge in [-0.3, -0.25) is 9.59 Å². The third-order valence-electron chi connectivity index (χ3n) is 4.27. The van der Waals surface area contributed by atoms with Crippen LogP contribution in [0.2, 0.25) is 0 Å². The van der Waals surface area contributed by atoms with Crippen molar-refractivity contribution in [3.05, 3.63) is 35.3 Å². The van der Waals surface area contributed by atoms with Crippen LogP contribution in [-0.2, 0) is 9.59 Å². The van der Waals surface area contributed by atoms with Crippen LogP contribution in [0, 0.1) is 12.8 Å². The number of hydrogen-bond acceptors (Lipinski definition) is 5. The Bertz CT molecular complexity index is 786. The van der Waals surface area contributed by atoms with Crippen molar-refractivity contribution in [2.75, 3.05) is 11.9 Å². The van der Waals surface area contributed by atoms with E-state index in [1.165, 1.54) is 0 Å². The molecule has 1 aromatic carbocycles. The summed E-state index contributed by atoms with van der Waals surface area (Å²) in [6.45, 7) is 6.60. The molecule has 1 unspecified atom stereocenters. The van der Waals surface area contributed by atoms with Gasteiger partial charge in [-0.2, -0.15) is 0 Å². The summed E-state index contributed by atoms with van der Waals surface area (Å²) in [6, 6.07) is 7.32. The van der Waals surface area contributed by atoms with Gasteiger partial charge in [0.15, 0.2) is 4.34 Å². The molecule has 0 bridgehead atoms. The predicted molar refractivity (Wildman–Crippen MR) is 106 cm³/mol. The lowest BCUT2D eigenvalue weighted by atomic mass is 10.0. The fraction of sp³-hybridized carbons (Fsp3) is 0.421. The molecule has 1 aliphatic heterocycles. The van der Waals surface area contributed by atoms with Crippen LogP contribution >= 0.6 is 23.1 Å². The molecule has 26 heavy (non-hydrogen) atoms. The van der Waals surface area contributed by atoms with Gasteiger partial charge in [0.1, 0.15) is 6.04 Å². The fourth-order valence-electron chi connectivity index (χ4n) is 3.07. The summed E-state index contributed by atoms with van der Waals surface area (Å²) in [5.74, 6) is 0.0237. The van der Waals surface area contributed by atoms with Gasteiger partial charge in [-0.05, 0) is 43.5 Å². The monoisotopic (exact) mass is 389 g/mol. The number of aryl methyl sites for hydroxylation is 1. The number of aromatic nitrogens is 1. The molecule has 7 heteroatoms. The van der Waals surface area contributed by atoms with Crippen molar-refractivity contribution in [2.45, 2.75) is 48.9 Å². The van der Waals surface area contributed by atoms with E-state index >= 15 is 0 Å². The van der Waals surface area contributed by atoms with Gasteiger partial charge in [0, 0.05) is 34.6 Å². The van der Waals surface area contributed by atoms with Crippen LogP contribution in [0.3, 0.4) is 0 Å². The molecule has 0 radical (unpaired) electrons. The highest BCUT2D eigenvalue weighted by atomic mass is 32.2. The normalized spacial score (nSPS) is 15.5. The zero-order chi connectivity index (χ0) is 18.7. The second-order valence-electron chi connectivity index (χ2n) is 6.75. The van der Waals surface area contributed by atoms with Crippen LogP contribution in [0.25, 0.3) is 0 Å². The fourth-order valence-corrected chi connectivity index (χ4v) is 4.88. The van der Waals surface area contributed by atoms with Crippen molar-refractivity contribution in [1.29, 1.82) is 0 Å². The molecule has 1 fully saturated rings. The zero-order valence-electron chi connectivity index (χ0n) is 15.2. The molecule has 1 atom stereocenters. The maximum atomic E-state index is 12.7. The number of rotatable bonds is 6. The second kappa shape index (κ2) is 8.22. The first-order chi connectivity index (χ1) is 12.4. The molecule has 1 N–H and O–H groups in total. The highest BCUT2D eigenvalue weighted by molar-refractivity contribution is 8.01. The van der Waals surface area contributed by atoms with Gasteiger partial charge in [0.25, 0.3) is 0 Å². The number of thiazole rings is 1. The average molecular weight is 390 g/mol. The van der Waals surface area contributed by atoms with Gasteiger partial charge in [0.2, 0.25) is 11.8 Å². The molecule has 2 heterocycles. The quantitative estimate of drug-likeness (QED) is 0.805. The largest absolute Gasteiger partial charge is 0.330 e. The van der Waals surface area contributed by atoms with E-state index in [-0.39, 0.29) is 17.7 Å². The zero-order valence-corrected chi connectivity index (χ0v) is 16.8. The number of anilines is 1. The van der Waals surface area contributed by atoms with Gasteiger partial charge in [0.05, 0.1) is 0 Å². The number of hydrogen-bond donors (Lipinski definition) is 1. The van der Waals surface area contributed by atoms with E-state index in [1.54, 1.807) is 28.0 Å². The number of carbonyl (C=O) groups is 2. The maximum Gasteiger partial charge on any atom is 0.247 e. The van der Waals surface area contributed by atoms with Gasteiger partial charge < -0.3 is 10.2 Å². The van der Waals surface area contributed by atoms with Gasteiger partial charge >= 0.3 is 0 Å². The Kier molecular flexibility index (Phi) is 5.98. The van der Waals surface area contributed by atoms with Crippen molar-refractivity contribution >= 4 is 40.6 Å². The Hall–Kier alpha value is -1.86. The van der Waals surface area contributed by atoms with E-state index in [0.29, 0.717) is 13.0 Å².